The number of nitrogens with zero attached hydrogens (tertiary/aromatic N) is 1. The van der Waals surface area contributed by atoms with Gasteiger partial charge in [-0.1, -0.05) is 0 Å². The number of fused-ring (bicyclic) bond motifs is 1. The van der Waals surface area contributed by atoms with Crippen molar-refractivity contribution in [2.24, 2.45) is 7.05 Å². The smallest absolute Gasteiger partial charge is 0.176 e. The van der Waals surface area contributed by atoms with Gasteiger partial charge < -0.3 is 27.4 Å². The maximum atomic E-state index is 5.55. The van der Waals surface area contributed by atoms with E-state index in [2.05, 4.69) is 18.3 Å². The summed E-state index contributed by atoms with van der Waals surface area (Å²) in [5, 5.41) is 2.40. The molecule has 0 fully saturated rings. The number of ether oxygens (including phenoxy) is 2. The topological polar surface area (TPSA) is 53.8 Å². The van der Waals surface area contributed by atoms with Crippen LogP contribution in [0.2, 0.25) is 0 Å². The largest absolute Gasteiger partial charge is 1.00 e. The molecule has 0 saturated carbocycles. The van der Waals surface area contributed by atoms with Crippen LogP contribution in [0, 0.1) is 0 Å². The molecular weight excluding hydrogens is 254 g/mol. The van der Waals surface area contributed by atoms with Gasteiger partial charge >= 0.3 is 0 Å². The van der Waals surface area contributed by atoms with Gasteiger partial charge in [0.25, 0.3) is 0 Å². The van der Waals surface area contributed by atoms with Crippen molar-refractivity contribution in [1.82, 2.24) is 0 Å². The first-order chi connectivity index (χ1) is 7.79. The van der Waals surface area contributed by atoms with E-state index in [4.69, 9.17) is 9.47 Å². The second-order valence-corrected chi connectivity index (χ2v) is 3.74. The zero-order chi connectivity index (χ0) is 11.4. The Morgan fingerprint density at radius 2 is 1.89 bits per heavy atom. The van der Waals surface area contributed by atoms with Gasteiger partial charge in [-0.25, -0.2) is 4.57 Å². The molecule has 4 nitrogen and oxygen atoms in total. The molecule has 1 aromatic carbocycles. The highest BCUT2D eigenvalue weighted by atomic mass is 35.5. The molecule has 0 unspecified atom stereocenters. The van der Waals surface area contributed by atoms with Gasteiger partial charge in [0, 0.05) is 18.6 Å². The number of methoxy groups -OCH3 is 1. The minimum Gasteiger partial charge on any atom is -1.00 e. The summed E-state index contributed by atoms with van der Waals surface area (Å²) in [7, 11) is 3.69. The molecule has 100 valence electrons. The van der Waals surface area contributed by atoms with E-state index in [1.807, 2.05) is 29.9 Å². The number of rotatable bonds is 4. The molecule has 2 aromatic rings. The molecular formula is C13H18ClNO3. The third kappa shape index (κ3) is 4.14. The van der Waals surface area contributed by atoms with Gasteiger partial charge in [-0.2, -0.15) is 0 Å². The van der Waals surface area contributed by atoms with Crippen molar-refractivity contribution < 1.29 is 31.9 Å². The second kappa shape index (κ2) is 7.87. The summed E-state index contributed by atoms with van der Waals surface area (Å²) in [5.41, 5.74) is 0. The number of benzene rings is 1. The maximum Gasteiger partial charge on any atom is 0.176 e. The van der Waals surface area contributed by atoms with Crippen molar-refractivity contribution in [3.05, 3.63) is 36.7 Å². The van der Waals surface area contributed by atoms with E-state index in [9.17, 15) is 0 Å². The quantitative estimate of drug-likeness (QED) is 0.471. The molecule has 0 bridgehead atoms. The molecule has 0 radical (unpaired) electrons. The van der Waals surface area contributed by atoms with Gasteiger partial charge in [-0.3, -0.25) is 0 Å². The van der Waals surface area contributed by atoms with Crippen LogP contribution in [-0.4, -0.2) is 25.8 Å². The fourth-order valence-electron chi connectivity index (χ4n) is 1.61. The lowest BCUT2D eigenvalue weighted by Crippen LogP contribution is -3.00. The van der Waals surface area contributed by atoms with Crippen LogP contribution in [0.4, 0.5) is 0 Å². The number of aryl methyl sites for hydroxylation is 1. The normalized spacial score (nSPS) is 9.44. The number of pyridine rings is 1. The summed E-state index contributed by atoms with van der Waals surface area (Å²) in [4.78, 5) is 0. The fourth-order valence-corrected chi connectivity index (χ4v) is 1.61. The lowest BCUT2D eigenvalue weighted by Gasteiger charge is -2.05. The molecule has 0 spiro atoms. The monoisotopic (exact) mass is 271 g/mol. The van der Waals surface area contributed by atoms with Crippen LogP contribution in [0.5, 0.6) is 5.75 Å². The van der Waals surface area contributed by atoms with Gasteiger partial charge in [0.15, 0.2) is 12.4 Å². The average Bonchev–Trinajstić information content (AvgIpc) is 2.29. The molecule has 0 aliphatic carbocycles. The maximum absolute atomic E-state index is 5.55. The Hall–Kier alpha value is -1.36. The summed E-state index contributed by atoms with van der Waals surface area (Å²) in [6.07, 6.45) is 4.12. The van der Waals surface area contributed by atoms with Crippen LogP contribution in [0.1, 0.15) is 0 Å². The fraction of sp³-hybridized carbons (Fsp3) is 0.308. The van der Waals surface area contributed by atoms with Gasteiger partial charge in [-0.05, 0) is 23.6 Å². The number of halogens is 1. The first-order valence-electron chi connectivity index (χ1n) is 5.30. The van der Waals surface area contributed by atoms with Crippen molar-refractivity contribution in [1.29, 1.82) is 0 Å². The third-order valence-corrected chi connectivity index (χ3v) is 2.45. The molecule has 0 saturated heterocycles. The standard InChI is InChI=1S/C13H16NO2.ClH.H2O/c1-14-6-5-11-9-13(16-8-7-15-2)4-3-12(11)10-14;;/h3-6,9-10H,7-8H2,1-2H3;1H;1H2/q+1;;/p-1. The van der Waals surface area contributed by atoms with Gasteiger partial charge in [0.2, 0.25) is 0 Å². The first-order valence-corrected chi connectivity index (χ1v) is 5.30. The average molecular weight is 272 g/mol. The summed E-state index contributed by atoms with van der Waals surface area (Å²) in [6.45, 7) is 1.20. The molecule has 1 heterocycles. The van der Waals surface area contributed by atoms with Gasteiger partial charge in [0.1, 0.15) is 19.4 Å². The van der Waals surface area contributed by atoms with Crippen LogP contribution in [-0.2, 0) is 11.8 Å². The minimum absolute atomic E-state index is 0. The van der Waals surface area contributed by atoms with E-state index in [1.165, 1.54) is 10.8 Å². The molecule has 1 aromatic heterocycles. The van der Waals surface area contributed by atoms with Crippen molar-refractivity contribution in [3.8, 4) is 5.75 Å². The summed E-state index contributed by atoms with van der Waals surface area (Å²) in [6, 6.07) is 8.18. The van der Waals surface area contributed by atoms with E-state index in [1.54, 1.807) is 7.11 Å². The molecule has 2 rings (SSSR count). The van der Waals surface area contributed by atoms with Gasteiger partial charge in [0.05, 0.1) is 6.61 Å². The molecule has 2 N–H and O–H groups in total. The first kappa shape index (κ1) is 16.6. The summed E-state index contributed by atoms with van der Waals surface area (Å²) >= 11 is 0. The lowest BCUT2D eigenvalue weighted by molar-refractivity contribution is -0.670. The highest BCUT2D eigenvalue weighted by Crippen LogP contribution is 2.19. The Morgan fingerprint density at radius 3 is 2.61 bits per heavy atom. The Bertz CT molecular complexity index is 491. The number of hydrogen-bond donors (Lipinski definition) is 0. The van der Waals surface area contributed by atoms with Crippen LogP contribution >= 0.6 is 0 Å². The van der Waals surface area contributed by atoms with Gasteiger partial charge in [-0.15, -0.1) is 0 Å². The number of aromatic nitrogens is 1. The third-order valence-electron chi connectivity index (χ3n) is 2.45. The Labute approximate surface area is 113 Å². The molecule has 0 atom stereocenters. The zero-order valence-corrected chi connectivity index (χ0v) is 11.3. The molecule has 5 heteroatoms. The Kier molecular flexibility index (Phi) is 7.27. The Balaban J connectivity index is 0.00000144. The lowest BCUT2D eigenvalue weighted by atomic mass is 10.2. The molecule has 18 heavy (non-hydrogen) atoms. The highest BCUT2D eigenvalue weighted by molar-refractivity contribution is 5.82. The predicted octanol–water partition coefficient (Wildman–Crippen LogP) is -2.13. The van der Waals surface area contributed by atoms with Crippen LogP contribution in [0.25, 0.3) is 10.8 Å². The van der Waals surface area contributed by atoms with Crippen molar-refractivity contribution in [3.63, 3.8) is 0 Å². The molecule has 0 aliphatic heterocycles. The van der Waals surface area contributed by atoms with Crippen molar-refractivity contribution >= 4 is 10.8 Å². The minimum atomic E-state index is 0. The summed E-state index contributed by atoms with van der Waals surface area (Å²) in [5.74, 6) is 0.887. The van der Waals surface area contributed by atoms with E-state index >= 15 is 0 Å². The van der Waals surface area contributed by atoms with E-state index in [-0.39, 0.29) is 17.9 Å². The number of hydrogen-bond acceptors (Lipinski definition) is 2. The van der Waals surface area contributed by atoms with Crippen LogP contribution in [0.3, 0.4) is 0 Å². The zero-order valence-electron chi connectivity index (χ0n) is 10.5. The van der Waals surface area contributed by atoms with Crippen LogP contribution < -0.4 is 21.7 Å². The molecule has 0 amide bonds. The van der Waals surface area contributed by atoms with E-state index in [0.717, 1.165) is 5.75 Å². The Morgan fingerprint density at radius 1 is 1.11 bits per heavy atom. The second-order valence-electron chi connectivity index (χ2n) is 3.74. The van der Waals surface area contributed by atoms with Crippen molar-refractivity contribution in [2.45, 2.75) is 0 Å². The van der Waals surface area contributed by atoms with Crippen LogP contribution in [0.15, 0.2) is 36.7 Å². The van der Waals surface area contributed by atoms with Crippen molar-refractivity contribution in [2.75, 3.05) is 20.3 Å². The summed E-state index contributed by atoms with van der Waals surface area (Å²) < 4.78 is 12.5. The van der Waals surface area contributed by atoms with E-state index < -0.39 is 0 Å². The molecule has 0 aliphatic rings. The SMILES string of the molecule is COCCOc1ccc2c[n+](C)ccc2c1.O.[Cl-]. The van der Waals surface area contributed by atoms with E-state index in [0.29, 0.717) is 13.2 Å². The highest BCUT2D eigenvalue weighted by Gasteiger charge is 2.00. The predicted molar refractivity (Wildman–Crippen MR) is 66.1 cm³/mol.